The third kappa shape index (κ3) is 2.18. The van der Waals surface area contributed by atoms with Crippen molar-refractivity contribution in [1.82, 2.24) is 0 Å². The molecule has 0 spiro atoms. The SMILES string of the molecule is COC(=O)c1cccc([C@@H](N)C2CC2)c1. The Morgan fingerprint density at radius 1 is 1.53 bits per heavy atom. The molecule has 3 nitrogen and oxygen atoms in total. The summed E-state index contributed by atoms with van der Waals surface area (Å²) < 4.78 is 4.67. The first-order chi connectivity index (χ1) is 7.22. The monoisotopic (exact) mass is 205 g/mol. The molecule has 0 aromatic heterocycles. The fourth-order valence-corrected chi connectivity index (χ4v) is 1.72. The van der Waals surface area contributed by atoms with Gasteiger partial charge in [-0.05, 0) is 36.5 Å². The minimum atomic E-state index is -0.306. The molecule has 1 fully saturated rings. The van der Waals surface area contributed by atoms with Gasteiger partial charge < -0.3 is 10.5 Å². The minimum Gasteiger partial charge on any atom is -0.465 e. The molecule has 1 aliphatic rings. The Hall–Kier alpha value is -1.35. The number of esters is 1. The van der Waals surface area contributed by atoms with Crippen molar-refractivity contribution in [2.24, 2.45) is 11.7 Å². The van der Waals surface area contributed by atoms with E-state index in [1.807, 2.05) is 18.2 Å². The van der Waals surface area contributed by atoms with Gasteiger partial charge in [-0.15, -0.1) is 0 Å². The van der Waals surface area contributed by atoms with E-state index in [4.69, 9.17) is 5.73 Å². The van der Waals surface area contributed by atoms with E-state index >= 15 is 0 Å². The van der Waals surface area contributed by atoms with Gasteiger partial charge in [-0.3, -0.25) is 0 Å². The predicted octanol–water partition coefficient (Wildman–Crippen LogP) is 1.88. The van der Waals surface area contributed by atoms with Gasteiger partial charge in [0.15, 0.2) is 0 Å². The number of ether oxygens (including phenoxy) is 1. The lowest BCUT2D eigenvalue weighted by atomic mass is 10.0. The molecular weight excluding hydrogens is 190 g/mol. The van der Waals surface area contributed by atoms with Gasteiger partial charge in [0, 0.05) is 6.04 Å². The van der Waals surface area contributed by atoms with Crippen molar-refractivity contribution in [2.45, 2.75) is 18.9 Å². The summed E-state index contributed by atoms with van der Waals surface area (Å²) in [5.74, 6) is 0.290. The summed E-state index contributed by atoms with van der Waals surface area (Å²) in [6.07, 6.45) is 2.40. The third-order valence-corrected chi connectivity index (χ3v) is 2.82. The van der Waals surface area contributed by atoms with Gasteiger partial charge in [0.25, 0.3) is 0 Å². The van der Waals surface area contributed by atoms with Crippen molar-refractivity contribution in [3.8, 4) is 0 Å². The number of carbonyl (C=O) groups is 1. The van der Waals surface area contributed by atoms with Crippen LogP contribution in [0.2, 0.25) is 0 Å². The molecular formula is C12H15NO2. The molecule has 0 aliphatic heterocycles. The Labute approximate surface area is 89.2 Å². The van der Waals surface area contributed by atoms with E-state index < -0.39 is 0 Å². The van der Waals surface area contributed by atoms with Crippen LogP contribution in [0.1, 0.15) is 34.8 Å². The third-order valence-electron chi connectivity index (χ3n) is 2.82. The van der Waals surface area contributed by atoms with Gasteiger partial charge in [-0.2, -0.15) is 0 Å². The minimum absolute atomic E-state index is 0.0645. The van der Waals surface area contributed by atoms with Crippen molar-refractivity contribution in [3.05, 3.63) is 35.4 Å². The summed E-state index contributed by atoms with van der Waals surface area (Å²) in [4.78, 5) is 11.3. The highest BCUT2D eigenvalue weighted by atomic mass is 16.5. The molecule has 80 valence electrons. The van der Waals surface area contributed by atoms with E-state index in [1.165, 1.54) is 20.0 Å². The molecule has 0 unspecified atom stereocenters. The second-order valence-corrected chi connectivity index (χ2v) is 3.98. The summed E-state index contributed by atoms with van der Waals surface area (Å²) in [6, 6.07) is 7.46. The zero-order chi connectivity index (χ0) is 10.8. The maximum Gasteiger partial charge on any atom is 0.337 e. The first kappa shape index (κ1) is 10.2. The Morgan fingerprint density at radius 3 is 2.87 bits per heavy atom. The van der Waals surface area contributed by atoms with Crippen LogP contribution in [0.15, 0.2) is 24.3 Å². The average Bonchev–Trinajstić information content (AvgIpc) is 3.11. The van der Waals surface area contributed by atoms with Gasteiger partial charge >= 0.3 is 5.97 Å². The van der Waals surface area contributed by atoms with Crippen LogP contribution in [0.5, 0.6) is 0 Å². The summed E-state index contributed by atoms with van der Waals surface area (Å²) in [7, 11) is 1.38. The lowest BCUT2D eigenvalue weighted by molar-refractivity contribution is 0.0600. The molecule has 1 aromatic rings. The van der Waals surface area contributed by atoms with Crippen molar-refractivity contribution in [3.63, 3.8) is 0 Å². The molecule has 1 atom stereocenters. The average molecular weight is 205 g/mol. The molecule has 0 amide bonds. The molecule has 1 aromatic carbocycles. The van der Waals surface area contributed by atoms with Crippen LogP contribution in [0.3, 0.4) is 0 Å². The van der Waals surface area contributed by atoms with Crippen molar-refractivity contribution >= 4 is 5.97 Å². The van der Waals surface area contributed by atoms with Crippen LogP contribution >= 0.6 is 0 Å². The molecule has 2 rings (SSSR count). The van der Waals surface area contributed by atoms with Crippen molar-refractivity contribution in [1.29, 1.82) is 0 Å². The van der Waals surface area contributed by atoms with Crippen LogP contribution < -0.4 is 5.73 Å². The first-order valence-corrected chi connectivity index (χ1v) is 5.16. The fraction of sp³-hybridized carbons (Fsp3) is 0.417. The second kappa shape index (κ2) is 4.03. The second-order valence-electron chi connectivity index (χ2n) is 3.98. The first-order valence-electron chi connectivity index (χ1n) is 5.16. The number of rotatable bonds is 3. The standard InChI is InChI=1S/C12H15NO2/c1-15-12(14)10-4-2-3-9(7-10)11(13)8-5-6-8/h2-4,7-8,11H,5-6,13H2,1H3/t11-/m0/s1. The van der Waals surface area contributed by atoms with Crippen LogP contribution in [0.4, 0.5) is 0 Å². The topological polar surface area (TPSA) is 52.3 Å². The van der Waals surface area contributed by atoms with E-state index in [1.54, 1.807) is 6.07 Å². The normalized spacial score (nSPS) is 17.2. The molecule has 0 heterocycles. The molecule has 0 saturated heterocycles. The van der Waals surface area contributed by atoms with Crippen LogP contribution in [0, 0.1) is 5.92 Å². The number of nitrogens with two attached hydrogens (primary N) is 1. The molecule has 15 heavy (non-hydrogen) atoms. The Balaban J connectivity index is 2.21. The lowest BCUT2D eigenvalue weighted by Gasteiger charge is -2.11. The Morgan fingerprint density at radius 2 is 2.27 bits per heavy atom. The quantitative estimate of drug-likeness (QED) is 0.766. The molecule has 0 bridgehead atoms. The van der Waals surface area contributed by atoms with Gasteiger partial charge in [-0.1, -0.05) is 12.1 Å². The predicted molar refractivity (Wildman–Crippen MR) is 57.4 cm³/mol. The van der Waals surface area contributed by atoms with E-state index in [9.17, 15) is 4.79 Å². The maximum absolute atomic E-state index is 11.3. The number of carbonyl (C=O) groups excluding carboxylic acids is 1. The van der Waals surface area contributed by atoms with Gasteiger partial charge in [0.1, 0.15) is 0 Å². The molecule has 1 aliphatic carbocycles. The Kier molecular flexibility index (Phi) is 2.73. The van der Waals surface area contributed by atoms with Crippen LogP contribution in [0.25, 0.3) is 0 Å². The number of hydrogen-bond acceptors (Lipinski definition) is 3. The summed E-state index contributed by atoms with van der Waals surface area (Å²) in [6.45, 7) is 0. The van der Waals surface area contributed by atoms with E-state index in [0.717, 1.165) is 5.56 Å². The summed E-state index contributed by atoms with van der Waals surface area (Å²) in [5, 5.41) is 0. The number of hydrogen-bond donors (Lipinski definition) is 1. The smallest absolute Gasteiger partial charge is 0.337 e. The van der Waals surface area contributed by atoms with E-state index in [2.05, 4.69) is 4.74 Å². The van der Waals surface area contributed by atoms with Crippen molar-refractivity contribution < 1.29 is 9.53 Å². The van der Waals surface area contributed by atoms with Crippen molar-refractivity contribution in [2.75, 3.05) is 7.11 Å². The maximum atomic E-state index is 11.3. The highest BCUT2D eigenvalue weighted by Crippen LogP contribution is 2.39. The van der Waals surface area contributed by atoms with Gasteiger partial charge in [0.05, 0.1) is 12.7 Å². The fourth-order valence-electron chi connectivity index (χ4n) is 1.72. The summed E-state index contributed by atoms with van der Waals surface area (Å²) in [5.41, 5.74) is 7.66. The highest BCUT2D eigenvalue weighted by molar-refractivity contribution is 5.89. The molecule has 3 heteroatoms. The lowest BCUT2D eigenvalue weighted by Crippen LogP contribution is -2.13. The van der Waals surface area contributed by atoms with Gasteiger partial charge in [-0.25, -0.2) is 4.79 Å². The number of benzene rings is 1. The molecule has 2 N–H and O–H groups in total. The number of methoxy groups -OCH3 is 1. The summed E-state index contributed by atoms with van der Waals surface area (Å²) >= 11 is 0. The molecule has 0 radical (unpaired) electrons. The zero-order valence-corrected chi connectivity index (χ0v) is 8.77. The Bertz CT molecular complexity index is 372. The van der Waals surface area contributed by atoms with E-state index in [0.29, 0.717) is 11.5 Å². The molecule has 1 saturated carbocycles. The van der Waals surface area contributed by atoms with Crippen LogP contribution in [-0.4, -0.2) is 13.1 Å². The zero-order valence-electron chi connectivity index (χ0n) is 8.77. The van der Waals surface area contributed by atoms with E-state index in [-0.39, 0.29) is 12.0 Å². The van der Waals surface area contributed by atoms with Crippen LogP contribution in [-0.2, 0) is 4.74 Å². The largest absolute Gasteiger partial charge is 0.465 e. The highest BCUT2D eigenvalue weighted by Gasteiger charge is 2.29. The van der Waals surface area contributed by atoms with Gasteiger partial charge in [0.2, 0.25) is 0 Å².